The van der Waals surface area contributed by atoms with Crippen LogP contribution >= 0.6 is 0 Å². The lowest BCUT2D eigenvalue weighted by Crippen LogP contribution is -2.58. The van der Waals surface area contributed by atoms with Crippen molar-refractivity contribution in [3.05, 3.63) is 24.2 Å². The van der Waals surface area contributed by atoms with Crippen LogP contribution in [0.4, 0.5) is 0 Å². The van der Waals surface area contributed by atoms with Gasteiger partial charge in [-0.3, -0.25) is 9.59 Å². The van der Waals surface area contributed by atoms with Gasteiger partial charge in [-0.15, -0.1) is 0 Å². The number of carbonyl (C=O) groups excluding carboxylic acids is 2. The zero-order valence-electron chi connectivity index (χ0n) is 14.9. The van der Waals surface area contributed by atoms with Gasteiger partial charge in [-0.2, -0.15) is 0 Å². The second-order valence-electron chi connectivity index (χ2n) is 7.10. The molecule has 0 N–H and O–H groups in total. The van der Waals surface area contributed by atoms with Gasteiger partial charge in [0.1, 0.15) is 6.61 Å². The SMILES string of the molecule is CN(C)C(=O)COC[C@]12CCCO[C@@H]1CCN(C(=O)c1ccco1)C2. The molecule has 2 saturated heterocycles. The maximum absolute atomic E-state index is 12.6. The fourth-order valence-corrected chi connectivity index (χ4v) is 3.70. The van der Waals surface area contributed by atoms with E-state index in [0.717, 1.165) is 25.9 Å². The first-order chi connectivity index (χ1) is 12.0. The number of rotatable bonds is 5. The smallest absolute Gasteiger partial charge is 0.289 e. The molecule has 3 rings (SSSR count). The summed E-state index contributed by atoms with van der Waals surface area (Å²) < 4.78 is 17.0. The molecule has 7 nitrogen and oxygen atoms in total. The maximum Gasteiger partial charge on any atom is 0.289 e. The van der Waals surface area contributed by atoms with Crippen LogP contribution in [0.15, 0.2) is 22.8 Å². The molecule has 2 fully saturated rings. The highest BCUT2D eigenvalue weighted by atomic mass is 16.5. The van der Waals surface area contributed by atoms with Gasteiger partial charge >= 0.3 is 0 Å². The van der Waals surface area contributed by atoms with E-state index in [1.54, 1.807) is 26.2 Å². The van der Waals surface area contributed by atoms with Gasteiger partial charge in [0.2, 0.25) is 5.91 Å². The van der Waals surface area contributed by atoms with Crippen molar-refractivity contribution >= 4 is 11.8 Å². The Morgan fingerprint density at radius 1 is 1.44 bits per heavy atom. The second-order valence-corrected chi connectivity index (χ2v) is 7.10. The molecular formula is C18H26N2O5. The van der Waals surface area contributed by atoms with Crippen LogP contribution in [-0.4, -0.2) is 74.7 Å². The summed E-state index contributed by atoms with van der Waals surface area (Å²) in [5.41, 5.74) is -0.259. The summed E-state index contributed by atoms with van der Waals surface area (Å²) in [7, 11) is 3.42. The molecule has 7 heteroatoms. The summed E-state index contributed by atoms with van der Waals surface area (Å²) in [6, 6.07) is 3.40. The molecule has 0 spiro atoms. The Morgan fingerprint density at radius 3 is 3.00 bits per heavy atom. The summed E-state index contributed by atoms with van der Waals surface area (Å²) >= 11 is 0. The van der Waals surface area contributed by atoms with Crippen molar-refractivity contribution in [2.45, 2.75) is 25.4 Å². The van der Waals surface area contributed by atoms with Crippen LogP contribution in [0, 0.1) is 5.41 Å². The number of fused-ring (bicyclic) bond motifs is 1. The molecule has 2 amide bonds. The monoisotopic (exact) mass is 350 g/mol. The van der Waals surface area contributed by atoms with E-state index in [2.05, 4.69) is 0 Å². The van der Waals surface area contributed by atoms with E-state index in [4.69, 9.17) is 13.9 Å². The van der Waals surface area contributed by atoms with Gasteiger partial charge in [0.25, 0.3) is 5.91 Å². The molecule has 0 bridgehead atoms. The molecule has 2 atom stereocenters. The normalized spacial score (nSPS) is 26.2. The van der Waals surface area contributed by atoms with Gasteiger partial charge in [0.05, 0.1) is 19.0 Å². The number of amides is 2. The van der Waals surface area contributed by atoms with Gasteiger partial charge < -0.3 is 23.7 Å². The lowest BCUT2D eigenvalue weighted by atomic mass is 9.73. The Kier molecular flexibility index (Phi) is 5.44. The van der Waals surface area contributed by atoms with E-state index >= 15 is 0 Å². The number of likely N-dealkylation sites (N-methyl/N-ethyl adjacent to an activating group) is 1. The molecule has 0 saturated carbocycles. The molecule has 2 aliphatic rings. The molecule has 25 heavy (non-hydrogen) atoms. The fraction of sp³-hybridized carbons (Fsp3) is 0.667. The number of hydrogen-bond acceptors (Lipinski definition) is 5. The molecular weight excluding hydrogens is 324 g/mol. The molecule has 1 aromatic rings. The standard InChI is InChI=1S/C18H26N2O5/c1-19(2)16(21)11-23-13-18-7-4-10-25-15(18)6-8-20(12-18)17(22)14-5-3-9-24-14/h3,5,9,15H,4,6-8,10-13H2,1-2H3/t15-,18-/m1/s1. The van der Waals surface area contributed by atoms with Crippen LogP contribution in [0.5, 0.6) is 0 Å². The Labute approximate surface area is 147 Å². The first-order valence-corrected chi connectivity index (χ1v) is 8.74. The Balaban J connectivity index is 1.68. The van der Waals surface area contributed by atoms with E-state index in [1.165, 1.54) is 11.2 Å². The van der Waals surface area contributed by atoms with Crippen LogP contribution < -0.4 is 0 Å². The highest BCUT2D eigenvalue weighted by molar-refractivity contribution is 5.91. The minimum absolute atomic E-state index is 0.0492. The van der Waals surface area contributed by atoms with Crippen molar-refractivity contribution in [3.8, 4) is 0 Å². The molecule has 3 heterocycles. The van der Waals surface area contributed by atoms with Crippen molar-refractivity contribution in [1.29, 1.82) is 0 Å². The Hall–Kier alpha value is -1.86. The van der Waals surface area contributed by atoms with Crippen molar-refractivity contribution in [2.75, 3.05) is 47.0 Å². The quantitative estimate of drug-likeness (QED) is 0.803. The van der Waals surface area contributed by atoms with E-state index < -0.39 is 0 Å². The predicted octanol–water partition coefficient (Wildman–Crippen LogP) is 1.40. The minimum atomic E-state index is -0.259. The van der Waals surface area contributed by atoms with Crippen molar-refractivity contribution in [2.24, 2.45) is 5.41 Å². The molecule has 0 aromatic carbocycles. The van der Waals surface area contributed by atoms with Gasteiger partial charge in [-0.05, 0) is 31.4 Å². The highest BCUT2D eigenvalue weighted by Gasteiger charge is 2.47. The third-order valence-corrected chi connectivity index (χ3v) is 5.12. The van der Waals surface area contributed by atoms with Gasteiger partial charge in [0, 0.05) is 39.2 Å². The minimum Gasteiger partial charge on any atom is -0.459 e. The van der Waals surface area contributed by atoms with E-state index in [-0.39, 0.29) is 29.9 Å². The average molecular weight is 350 g/mol. The van der Waals surface area contributed by atoms with Crippen LogP contribution in [0.2, 0.25) is 0 Å². The topological polar surface area (TPSA) is 72.2 Å². The third kappa shape index (κ3) is 3.88. The zero-order valence-corrected chi connectivity index (χ0v) is 14.9. The lowest BCUT2D eigenvalue weighted by molar-refractivity contribution is -0.155. The molecule has 138 valence electrons. The summed E-state index contributed by atoms with van der Waals surface area (Å²) in [5.74, 6) is 0.191. The van der Waals surface area contributed by atoms with Crippen LogP contribution in [0.1, 0.15) is 29.8 Å². The van der Waals surface area contributed by atoms with Crippen LogP contribution in [0.3, 0.4) is 0 Å². The highest BCUT2D eigenvalue weighted by Crippen LogP contribution is 2.40. The Morgan fingerprint density at radius 2 is 2.28 bits per heavy atom. The van der Waals surface area contributed by atoms with E-state index in [0.29, 0.717) is 25.5 Å². The first kappa shape index (κ1) is 17.9. The van der Waals surface area contributed by atoms with Crippen LogP contribution in [0.25, 0.3) is 0 Å². The summed E-state index contributed by atoms with van der Waals surface area (Å²) in [5, 5.41) is 0. The number of ether oxygens (including phenoxy) is 2. The summed E-state index contributed by atoms with van der Waals surface area (Å²) in [4.78, 5) is 27.7. The second kappa shape index (κ2) is 7.58. The maximum atomic E-state index is 12.6. The largest absolute Gasteiger partial charge is 0.459 e. The molecule has 1 aromatic heterocycles. The third-order valence-electron chi connectivity index (χ3n) is 5.12. The number of carbonyl (C=O) groups is 2. The lowest BCUT2D eigenvalue weighted by Gasteiger charge is -2.50. The van der Waals surface area contributed by atoms with Crippen molar-refractivity contribution in [3.63, 3.8) is 0 Å². The van der Waals surface area contributed by atoms with Crippen molar-refractivity contribution < 1.29 is 23.5 Å². The number of likely N-dealkylation sites (tertiary alicyclic amines) is 1. The Bertz CT molecular complexity index is 601. The molecule has 2 aliphatic heterocycles. The molecule has 0 unspecified atom stereocenters. The van der Waals surface area contributed by atoms with E-state index in [9.17, 15) is 9.59 Å². The van der Waals surface area contributed by atoms with Gasteiger partial charge in [0.15, 0.2) is 5.76 Å². The number of nitrogens with zero attached hydrogens (tertiary/aromatic N) is 2. The van der Waals surface area contributed by atoms with Crippen LogP contribution in [-0.2, 0) is 14.3 Å². The molecule has 0 radical (unpaired) electrons. The predicted molar refractivity (Wildman–Crippen MR) is 90.1 cm³/mol. The van der Waals surface area contributed by atoms with Gasteiger partial charge in [-0.1, -0.05) is 0 Å². The average Bonchev–Trinajstić information content (AvgIpc) is 3.15. The first-order valence-electron chi connectivity index (χ1n) is 8.74. The van der Waals surface area contributed by atoms with Crippen molar-refractivity contribution in [1.82, 2.24) is 9.80 Å². The fourth-order valence-electron chi connectivity index (χ4n) is 3.70. The number of piperidine rings is 1. The molecule has 0 aliphatic carbocycles. The number of furan rings is 1. The van der Waals surface area contributed by atoms with Gasteiger partial charge in [-0.25, -0.2) is 0 Å². The summed E-state index contributed by atoms with van der Waals surface area (Å²) in [6.07, 6.45) is 4.21. The van der Waals surface area contributed by atoms with E-state index in [1.807, 2.05) is 4.90 Å². The zero-order chi connectivity index (χ0) is 17.9. The summed E-state index contributed by atoms with van der Waals surface area (Å²) in [6.45, 7) is 2.41. The number of hydrogen-bond donors (Lipinski definition) is 0.